The van der Waals surface area contributed by atoms with Crippen LogP contribution >= 0.6 is 23.5 Å². The van der Waals surface area contributed by atoms with Crippen LogP contribution in [-0.2, 0) is 0 Å². The topological polar surface area (TPSA) is 35.2 Å². The van der Waals surface area contributed by atoms with E-state index in [2.05, 4.69) is 25.1 Å². The van der Waals surface area contributed by atoms with Crippen LogP contribution in [0.3, 0.4) is 0 Å². The van der Waals surface area contributed by atoms with Crippen molar-refractivity contribution in [3.05, 3.63) is 29.8 Å². The molecule has 0 spiro atoms. The number of rotatable bonds is 4. The fourth-order valence-corrected chi connectivity index (χ4v) is 5.29. The molecule has 1 aliphatic heterocycles. The Bertz CT molecular complexity index is 436. The Morgan fingerprint density at radius 3 is 2.79 bits per heavy atom. The summed E-state index contributed by atoms with van der Waals surface area (Å²) in [4.78, 5) is 0. The van der Waals surface area contributed by atoms with Crippen molar-refractivity contribution in [2.24, 2.45) is 5.73 Å². The second-order valence-corrected chi connectivity index (χ2v) is 8.10. The van der Waals surface area contributed by atoms with Gasteiger partial charge in [-0.25, -0.2) is 0 Å². The molecule has 0 amide bonds. The van der Waals surface area contributed by atoms with Crippen LogP contribution in [0.25, 0.3) is 0 Å². The van der Waals surface area contributed by atoms with Crippen LogP contribution in [-0.4, -0.2) is 28.1 Å². The summed E-state index contributed by atoms with van der Waals surface area (Å²) in [6.45, 7) is 2.30. The van der Waals surface area contributed by atoms with E-state index in [0.29, 0.717) is 16.6 Å². The SMILES string of the molecule is CC1SCCSC1C(N)c1cccc(OC2CC2)c1. The molecule has 19 heavy (non-hydrogen) atoms. The summed E-state index contributed by atoms with van der Waals surface area (Å²) in [5.74, 6) is 3.45. The Hall–Kier alpha value is -0.320. The minimum absolute atomic E-state index is 0.107. The average molecular weight is 295 g/mol. The molecule has 1 saturated carbocycles. The quantitative estimate of drug-likeness (QED) is 0.922. The standard InChI is InChI=1S/C15H21NOS2/c1-10-15(19-8-7-18-10)14(16)11-3-2-4-13(9-11)17-12-5-6-12/h2-4,9-10,12,14-15H,5-8,16H2,1H3. The third kappa shape index (κ3) is 3.41. The van der Waals surface area contributed by atoms with Gasteiger partial charge in [-0.2, -0.15) is 23.5 Å². The van der Waals surface area contributed by atoms with Gasteiger partial charge in [0.05, 0.1) is 6.10 Å². The number of benzene rings is 1. The number of thioether (sulfide) groups is 2. The first-order chi connectivity index (χ1) is 9.24. The molecule has 4 heteroatoms. The number of hydrogen-bond acceptors (Lipinski definition) is 4. The van der Waals surface area contributed by atoms with Gasteiger partial charge in [0, 0.05) is 28.0 Å². The summed E-state index contributed by atoms with van der Waals surface area (Å²) in [5.41, 5.74) is 7.70. The van der Waals surface area contributed by atoms with Crippen LogP contribution in [0.15, 0.2) is 24.3 Å². The van der Waals surface area contributed by atoms with Crippen molar-refractivity contribution in [1.82, 2.24) is 0 Å². The maximum atomic E-state index is 6.49. The smallest absolute Gasteiger partial charge is 0.120 e. The second-order valence-electron chi connectivity index (χ2n) is 5.33. The Morgan fingerprint density at radius 2 is 2.05 bits per heavy atom. The molecule has 1 aromatic rings. The molecule has 1 aromatic carbocycles. The highest BCUT2D eigenvalue weighted by Gasteiger charge is 2.29. The van der Waals surface area contributed by atoms with E-state index in [9.17, 15) is 0 Å². The molecule has 1 heterocycles. The summed E-state index contributed by atoms with van der Waals surface area (Å²) in [6, 6.07) is 8.49. The summed E-state index contributed by atoms with van der Waals surface area (Å²) in [7, 11) is 0. The van der Waals surface area contributed by atoms with E-state index in [0.717, 1.165) is 5.75 Å². The van der Waals surface area contributed by atoms with Crippen molar-refractivity contribution >= 4 is 23.5 Å². The second kappa shape index (κ2) is 5.98. The van der Waals surface area contributed by atoms with Gasteiger partial charge in [0.25, 0.3) is 0 Å². The van der Waals surface area contributed by atoms with Gasteiger partial charge >= 0.3 is 0 Å². The molecule has 3 rings (SSSR count). The highest BCUT2D eigenvalue weighted by Crippen LogP contribution is 2.38. The molecule has 0 aromatic heterocycles. The predicted octanol–water partition coefficient (Wildman–Crippen LogP) is 3.46. The Balaban J connectivity index is 1.72. The van der Waals surface area contributed by atoms with E-state index in [1.807, 2.05) is 29.6 Å². The highest BCUT2D eigenvalue weighted by atomic mass is 32.2. The van der Waals surface area contributed by atoms with Crippen LogP contribution in [0, 0.1) is 0 Å². The number of nitrogens with two attached hydrogens (primary N) is 1. The zero-order chi connectivity index (χ0) is 13.2. The van der Waals surface area contributed by atoms with E-state index in [-0.39, 0.29) is 6.04 Å². The minimum Gasteiger partial charge on any atom is -0.490 e. The molecule has 2 nitrogen and oxygen atoms in total. The van der Waals surface area contributed by atoms with Crippen LogP contribution < -0.4 is 10.5 Å². The lowest BCUT2D eigenvalue weighted by Gasteiger charge is -2.32. The molecular formula is C15H21NOS2. The lowest BCUT2D eigenvalue weighted by Crippen LogP contribution is -2.34. The van der Waals surface area contributed by atoms with Gasteiger partial charge in [-0.1, -0.05) is 19.1 Å². The number of ether oxygens (including phenoxy) is 1. The van der Waals surface area contributed by atoms with Crippen molar-refractivity contribution in [2.75, 3.05) is 11.5 Å². The maximum absolute atomic E-state index is 6.49. The van der Waals surface area contributed by atoms with Gasteiger partial charge in [0.15, 0.2) is 0 Å². The minimum atomic E-state index is 0.107. The Kier molecular flexibility index (Phi) is 4.30. The first-order valence-electron chi connectivity index (χ1n) is 6.99. The van der Waals surface area contributed by atoms with Crippen molar-refractivity contribution < 1.29 is 4.74 Å². The summed E-state index contributed by atoms with van der Waals surface area (Å²) in [5, 5.41) is 1.14. The maximum Gasteiger partial charge on any atom is 0.120 e. The van der Waals surface area contributed by atoms with Gasteiger partial charge in [0.2, 0.25) is 0 Å². The van der Waals surface area contributed by atoms with Gasteiger partial charge in [0.1, 0.15) is 5.75 Å². The average Bonchev–Trinajstić information content (AvgIpc) is 3.23. The molecule has 2 N–H and O–H groups in total. The van der Waals surface area contributed by atoms with Crippen LogP contribution in [0.2, 0.25) is 0 Å². The highest BCUT2D eigenvalue weighted by molar-refractivity contribution is 8.07. The van der Waals surface area contributed by atoms with E-state index < -0.39 is 0 Å². The molecule has 1 aliphatic carbocycles. The summed E-state index contributed by atoms with van der Waals surface area (Å²) < 4.78 is 5.86. The van der Waals surface area contributed by atoms with Crippen molar-refractivity contribution in [1.29, 1.82) is 0 Å². The van der Waals surface area contributed by atoms with Gasteiger partial charge in [-0.05, 0) is 30.5 Å². The zero-order valence-electron chi connectivity index (χ0n) is 11.2. The van der Waals surface area contributed by atoms with E-state index >= 15 is 0 Å². The summed E-state index contributed by atoms with van der Waals surface area (Å²) >= 11 is 4.06. The third-order valence-electron chi connectivity index (χ3n) is 3.66. The molecule has 2 fully saturated rings. The zero-order valence-corrected chi connectivity index (χ0v) is 12.9. The fourth-order valence-electron chi connectivity index (χ4n) is 2.41. The molecule has 1 saturated heterocycles. The van der Waals surface area contributed by atoms with E-state index in [1.54, 1.807) is 0 Å². The third-order valence-corrected chi connectivity index (χ3v) is 6.88. The number of hydrogen-bond donors (Lipinski definition) is 1. The molecule has 0 radical (unpaired) electrons. The van der Waals surface area contributed by atoms with Crippen LogP contribution in [0.1, 0.15) is 31.4 Å². The van der Waals surface area contributed by atoms with Gasteiger partial charge in [-0.15, -0.1) is 0 Å². The molecule has 2 aliphatic rings. The van der Waals surface area contributed by atoms with Gasteiger partial charge < -0.3 is 10.5 Å². The lowest BCUT2D eigenvalue weighted by atomic mass is 10.0. The molecule has 3 atom stereocenters. The Morgan fingerprint density at radius 1 is 1.26 bits per heavy atom. The summed E-state index contributed by atoms with van der Waals surface area (Å²) in [6.07, 6.45) is 2.84. The molecule has 0 bridgehead atoms. The lowest BCUT2D eigenvalue weighted by molar-refractivity contribution is 0.302. The largest absolute Gasteiger partial charge is 0.490 e. The monoisotopic (exact) mass is 295 g/mol. The van der Waals surface area contributed by atoms with Crippen molar-refractivity contribution in [2.45, 2.75) is 42.4 Å². The van der Waals surface area contributed by atoms with Crippen molar-refractivity contribution in [3.8, 4) is 5.75 Å². The van der Waals surface area contributed by atoms with E-state index in [1.165, 1.54) is 29.9 Å². The van der Waals surface area contributed by atoms with Crippen LogP contribution in [0.4, 0.5) is 0 Å². The van der Waals surface area contributed by atoms with Gasteiger partial charge in [-0.3, -0.25) is 0 Å². The first kappa shape index (κ1) is 13.7. The molecule has 104 valence electrons. The fraction of sp³-hybridized carbons (Fsp3) is 0.600. The van der Waals surface area contributed by atoms with E-state index in [4.69, 9.17) is 10.5 Å². The predicted molar refractivity (Wildman–Crippen MR) is 85.2 cm³/mol. The molecule has 3 unspecified atom stereocenters. The Labute approximate surface area is 123 Å². The molecular weight excluding hydrogens is 274 g/mol. The normalized spacial score (nSPS) is 28.9. The van der Waals surface area contributed by atoms with Crippen LogP contribution in [0.5, 0.6) is 5.75 Å². The first-order valence-corrected chi connectivity index (χ1v) is 9.09. The van der Waals surface area contributed by atoms with Crippen molar-refractivity contribution in [3.63, 3.8) is 0 Å².